The SMILES string of the molecule is Cc1cc2c(cn1)CN(c1ccc(N[C@H]3CC[C@H](Nc4nc5cc(F)ccn5n4)C3)nc1)C2=O. The first-order valence-electron chi connectivity index (χ1n) is 11.3. The molecule has 1 amide bonds. The number of carbonyl (C=O) groups excluding carboxylic acids is 1. The van der Waals surface area contributed by atoms with E-state index in [2.05, 4.69) is 30.7 Å². The second-order valence-corrected chi connectivity index (χ2v) is 8.85. The molecule has 2 aliphatic rings. The highest BCUT2D eigenvalue weighted by atomic mass is 19.1. The summed E-state index contributed by atoms with van der Waals surface area (Å²) in [5.41, 5.74) is 3.73. The van der Waals surface area contributed by atoms with Crippen molar-refractivity contribution in [2.24, 2.45) is 0 Å². The third-order valence-electron chi connectivity index (χ3n) is 6.40. The Morgan fingerprint density at radius 3 is 2.74 bits per heavy atom. The van der Waals surface area contributed by atoms with Gasteiger partial charge < -0.3 is 15.5 Å². The Labute approximate surface area is 195 Å². The highest BCUT2D eigenvalue weighted by Gasteiger charge is 2.29. The summed E-state index contributed by atoms with van der Waals surface area (Å²) >= 11 is 0. The van der Waals surface area contributed by atoms with Crippen molar-refractivity contribution in [3.8, 4) is 0 Å². The summed E-state index contributed by atoms with van der Waals surface area (Å²) in [5.74, 6) is 0.926. The number of pyridine rings is 3. The van der Waals surface area contributed by atoms with Crippen molar-refractivity contribution < 1.29 is 9.18 Å². The molecule has 6 rings (SSSR count). The van der Waals surface area contributed by atoms with E-state index in [1.54, 1.807) is 28.0 Å². The summed E-state index contributed by atoms with van der Waals surface area (Å²) in [4.78, 5) is 27.7. The van der Waals surface area contributed by atoms with Crippen LogP contribution in [0.15, 0.2) is 48.9 Å². The van der Waals surface area contributed by atoms with Crippen molar-refractivity contribution in [1.82, 2.24) is 24.6 Å². The molecule has 1 fully saturated rings. The van der Waals surface area contributed by atoms with Gasteiger partial charge in [0.2, 0.25) is 5.95 Å². The minimum Gasteiger partial charge on any atom is -0.367 e. The van der Waals surface area contributed by atoms with Crippen molar-refractivity contribution in [1.29, 1.82) is 0 Å². The Bertz CT molecular complexity index is 1390. The van der Waals surface area contributed by atoms with Gasteiger partial charge in [0.25, 0.3) is 5.91 Å². The molecule has 0 radical (unpaired) electrons. The molecule has 5 heterocycles. The molecule has 2 N–H and O–H groups in total. The molecule has 1 aliphatic heterocycles. The summed E-state index contributed by atoms with van der Waals surface area (Å²) in [5, 5.41) is 11.2. The average molecular weight is 459 g/mol. The highest BCUT2D eigenvalue weighted by molar-refractivity contribution is 6.09. The molecular formula is C24H23FN8O. The maximum atomic E-state index is 13.4. The minimum atomic E-state index is -0.333. The van der Waals surface area contributed by atoms with Gasteiger partial charge in [0, 0.05) is 47.4 Å². The molecule has 2 atom stereocenters. The fourth-order valence-corrected chi connectivity index (χ4v) is 4.69. The fraction of sp³-hybridized carbons (Fsp3) is 0.292. The van der Waals surface area contributed by atoms with Gasteiger partial charge >= 0.3 is 0 Å². The van der Waals surface area contributed by atoms with Crippen LogP contribution < -0.4 is 15.5 Å². The molecule has 4 aromatic rings. The number of hydrogen-bond acceptors (Lipinski definition) is 7. The number of aryl methyl sites for hydroxylation is 1. The van der Waals surface area contributed by atoms with Crippen LogP contribution in [0.25, 0.3) is 5.65 Å². The van der Waals surface area contributed by atoms with E-state index in [4.69, 9.17) is 0 Å². The third-order valence-corrected chi connectivity index (χ3v) is 6.40. The third kappa shape index (κ3) is 3.81. The first-order chi connectivity index (χ1) is 16.5. The van der Waals surface area contributed by atoms with Crippen LogP contribution >= 0.6 is 0 Å². The second-order valence-electron chi connectivity index (χ2n) is 8.85. The second kappa shape index (κ2) is 8.05. The molecule has 34 heavy (non-hydrogen) atoms. The van der Waals surface area contributed by atoms with E-state index in [1.165, 1.54) is 12.1 Å². The molecular weight excluding hydrogens is 435 g/mol. The number of anilines is 3. The Hall–Kier alpha value is -4.08. The zero-order chi connectivity index (χ0) is 23.2. The molecule has 1 saturated carbocycles. The maximum Gasteiger partial charge on any atom is 0.259 e. The first-order valence-corrected chi connectivity index (χ1v) is 11.3. The lowest BCUT2D eigenvalue weighted by Crippen LogP contribution is -2.24. The Kier molecular flexibility index (Phi) is 4.86. The fourth-order valence-electron chi connectivity index (χ4n) is 4.69. The van der Waals surface area contributed by atoms with E-state index in [0.717, 1.165) is 42.0 Å². The van der Waals surface area contributed by atoms with E-state index < -0.39 is 0 Å². The van der Waals surface area contributed by atoms with Gasteiger partial charge in [-0.1, -0.05) is 0 Å². The quantitative estimate of drug-likeness (QED) is 0.472. The van der Waals surface area contributed by atoms with Gasteiger partial charge in [-0.2, -0.15) is 4.98 Å². The van der Waals surface area contributed by atoms with Crippen molar-refractivity contribution in [3.05, 3.63) is 71.6 Å². The highest BCUT2D eigenvalue weighted by Crippen LogP contribution is 2.29. The number of carbonyl (C=O) groups is 1. The lowest BCUT2D eigenvalue weighted by atomic mass is 10.1. The normalized spacial score (nSPS) is 19.6. The zero-order valence-corrected chi connectivity index (χ0v) is 18.6. The minimum absolute atomic E-state index is 0.0176. The van der Waals surface area contributed by atoms with E-state index in [1.807, 2.05) is 25.1 Å². The summed E-state index contributed by atoms with van der Waals surface area (Å²) in [6, 6.07) is 8.87. The molecule has 4 aromatic heterocycles. The van der Waals surface area contributed by atoms with Crippen LogP contribution in [-0.4, -0.2) is 42.6 Å². The van der Waals surface area contributed by atoms with Crippen LogP contribution in [0.2, 0.25) is 0 Å². The molecule has 0 aromatic carbocycles. The number of nitrogens with zero attached hydrogens (tertiary/aromatic N) is 6. The van der Waals surface area contributed by atoms with E-state index >= 15 is 0 Å². The predicted octanol–water partition coefficient (Wildman–Crippen LogP) is 3.57. The number of nitrogens with one attached hydrogen (secondary N) is 2. The van der Waals surface area contributed by atoms with E-state index in [9.17, 15) is 9.18 Å². The monoisotopic (exact) mass is 458 g/mol. The van der Waals surface area contributed by atoms with Crippen LogP contribution in [0.4, 0.5) is 21.8 Å². The maximum absolute atomic E-state index is 13.4. The Balaban J connectivity index is 1.07. The van der Waals surface area contributed by atoms with Gasteiger partial charge in [-0.05, 0) is 50.5 Å². The van der Waals surface area contributed by atoms with Crippen LogP contribution in [0.1, 0.15) is 40.9 Å². The van der Waals surface area contributed by atoms with Gasteiger partial charge in [0.05, 0.1) is 18.4 Å². The summed E-state index contributed by atoms with van der Waals surface area (Å²) in [7, 11) is 0. The molecule has 0 saturated heterocycles. The van der Waals surface area contributed by atoms with E-state index in [0.29, 0.717) is 23.7 Å². The number of fused-ring (bicyclic) bond motifs is 2. The number of halogens is 1. The van der Waals surface area contributed by atoms with Crippen molar-refractivity contribution in [2.45, 2.75) is 44.8 Å². The first kappa shape index (κ1) is 20.5. The Morgan fingerprint density at radius 1 is 1.06 bits per heavy atom. The van der Waals surface area contributed by atoms with Crippen molar-refractivity contribution >= 4 is 29.0 Å². The van der Waals surface area contributed by atoms with Gasteiger partial charge in [-0.25, -0.2) is 13.9 Å². The molecule has 9 nitrogen and oxygen atoms in total. The average Bonchev–Trinajstić information content (AvgIpc) is 3.52. The smallest absolute Gasteiger partial charge is 0.259 e. The zero-order valence-electron chi connectivity index (χ0n) is 18.6. The number of hydrogen-bond donors (Lipinski definition) is 2. The van der Waals surface area contributed by atoms with Crippen LogP contribution in [-0.2, 0) is 6.54 Å². The topological polar surface area (TPSA) is 100 Å². The van der Waals surface area contributed by atoms with Crippen molar-refractivity contribution in [2.75, 3.05) is 15.5 Å². The van der Waals surface area contributed by atoms with Gasteiger partial charge in [-0.15, -0.1) is 5.10 Å². The lowest BCUT2D eigenvalue weighted by Gasteiger charge is -2.17. The summed E-state index contributed by atoms with van der Waals surface area (Å²) < 4.78 is 14.9. The Morgan fingerprint density at radius 2 is 1.91 bits per heavy atom. The standard InChI is InChI=1S/C24H23FN8O/c1-14-8-20-15(11-26-14)13-32(23(20)34)19-4-5-21(27-12-19)28-17-2-3-18(10-17)29-24-30-22-9-16(25)6-7-33(22)31-24/h4-9,11-12,17-18H,2-3,10,13H2,1H3,(H,27,28)(H,29,31)/t17-,18-/m0/s1. The summed E-state index contributed by atoms with van der Waals surface area (Å²) in [6.45, 7) is 2.39. The van der Waals surface area contributed by atoms with Crippen molar-refractivity contribution in [3.63, 3.8) is 0 Å². The molecule has 0 bridgehead atoms. The van der Waals surface area contributed by atoms with Crippen LogP contribution in [0.5, 0.6) is 0 Å². The molecule has 172 valence electrons. The summed E-state index contributed by atoms with van der Waals surface area (Å²) in [6.07, 6.45) is 7.90. The molecule has 0 unspecified atom stereocenters. The lowest BCUT2D eigenvalue weighted by molar-refractivity contribution is 0.0996. The largest absolute Gasteiger partial charge is 0.367 e. The predicted molar refractivity (Wildman–Crippen MR) is 125 cm³/mol. The van der Waals surface area contributed by atoms with Gasteiger partial charge in [0.15, 0.2) is 5.65 Å². The molecule has 10 heteroatoms. The number of rotatable bonds is 5. The van der Waals surface area contributed by atoms with E-state index in [-0.39, 0.29) is 23.8 Å². The van der Waals surface area contributed by atoms with Crippen LogP contribution in [0.3, 0.4) is 0 Å². The van der Waals surface area contributed by atoms with Crippen LogP contribution in [0, 0.1) is 12.7 Å². The molecule has 0 spiro atoms. The molecule has 1 aliphatic carbocycles. The number of aromatic nitrogens is 5. The number of amides is 1. The van der Waals surface area contributed by atoms with Gasteiger partial charge in [-0.3, -0.25) is 9.78 Å². The van der Waals surface area contributed by atoms with Gasteiger partial charge in [0.1, 0.15) is 11.6 Å².